The predicted octanol–water partition coefficient (Wildman–Crippen LogP) is 5.29. The predicted molar refractivity (Wildman–Crippen MR) is 93.0 cm³/mol. The fourth-order valence-corrected chi connectivity index (χ4v) is 2.32. The maximum atomic E-state index is 11.3. The fourth-order valence-electron chi connectivity index (χ4n) is 2.32. The zero-order valence-electron chi connectivity index (χ0n) is 15.4. The van der Waals surface area contributed by atoms with Crippen LogP contribution in [0.5, 0.6) is 0 Å². The van der Waals surface area contributed by atoms with Crippen molar-refractivity contribution in [3.8, 4) is 0 Å². The molecule has 0 aromatic rings. The average molecular weight is 312 g/mol. The van der Waals surface area contributed by atoms with Crippen LogP contribution in [0.25, 0.3) is 0 Å². The highest BCUT2D eigenvalue weighted by Gasteiger charge is 2.24. The van der Waals surface area contributed by atoms with Crippen LogP contribution in [-0.2, 0) is 14.3 Å². The van der Waals surface area contributed by atoms with Crippen LogP contribution in [0.3, 0.4) is 0 Å². The quantitative estimate of drug-likeness (QED) is 0.279. The molecule has 0 fully saturated rings. The van der Waals surface area contributed by atoms with Crippen molar-refractivity contribution >= 4 is 5.97 Å². The Bertz CT molecular complexity index is 315. The lowest BCUT2D eigenvalue weighted by atomic mass is 9.85. The molecule has 0 radical (unpaired) electrons. The van der Waals surface area contributed by atoms with E-state index in [0.717, 1.165) is 6.42 Å². The van der Waals surface area contributed by atoms with E-state index >= 15 is 0 Å². The van der Waals surface area contributed by atoms with Gasteiger partial charge in [0.05, 0.1) is 12.7 Å². The largest absolute Gasteiger partial charge is 0.460 e. The number of carbonyl (C=O) groups is 1. The van der Waals surface area contributed by atoms with Gasteiger partial charge < -0.3 is 9.47 Å². The van der Waals surface area contributed by atoms with E-state index in [2.05, 4.69) is 34.3 Å². The second kappa shape index (κ2) is 11.7. The molecule has 0 spiro atoms. The summed E-state index contributed by atoms with van der Waals surface area (Å²) in [6.07, 6.45) is 9.06. The minimum Gasteiger partial charge on any atom is -0.460 e. The van der Waals surface area contributed by atoms with Crippen molar-refractivity contribution < 1.29 is 14.3 Å². The summed E-state index contributed by atoms with van der Waals surface area (Å²) in [6, 6.07) is 0. The summed E-state index contributed by atoms with van der Waals surface area (Å²) in [7, 11) is 0. The number of unbranched alkanes of at least 4 members (excludes halogenated alkanes) is 5. The molecule has 0 saturated carbocycles. The Morgan fingerprint density at radius 3 is 2.18 bits per heavy atom. The molecule has 0 aliphatic carbocycles. The van der Waals surface area contributed by atoms with E-state index in [0.29, 0.717) is 18.8 Å². The van der Waals surface area contributed by atoms with Gasteiger partial charge in [-0.05, 0) is 18.8 Å². The van der Waals surface area contributed by atoms with Gasteiger partial charge in [0.15, 0.2) is 0 Å². The molecule has 0 bridgehead atoms. The van der Waals surface area contributed by atoms with Gasteiger partial charge in [-0.1, -0.05) is 72.8 Å². The molecule has 0 N–H and O–H groups in total. The van der Waals surface area contributed by atoms with E-state index in [1.54, 1.807) is 6.92 Å². The van der Waals surface area contributed by atoms with Gasteiger partial charge in [0.2, 0.25) is 0 Å². The first kappa shape index (κ1) is 21.2. The van der Waals surface area contributed by atoms with Crippen molar-refractivity contribution in [3.05, 3.63) is 12.2 Å². The molecule has 22 heavy (non-hydrogen) atoms. The van der Waals surface area contributed by atoms with Crippen molar-refractivity contribution in [2.45, 2.75) is 85.7 Å². The van der Waals surface area contributed by atoms with E-state index in [1.807, 2.05) is 0 Å². The van der Waals surface area contributed by atoms with Crippen molar-refractivity contribution in [1.29, 1.82) is 0 Å². The van der Waals surface area contributed by atoms with Gasteiger partial charge in [-0.3, -0.25) is 0 Å². The summed E-state index contributed by atoms with van der Waals surface area (Å²) in [5, 5.41) is 0. The van der Waals surface area contributed by atoms with E-state index in [4.69, 9.17) is 9.47 Å². The molecule has 1 atom stereocenters. The van der Waals surface area contributed by atoms with Crippen molar-refractivity contribution in [2.24, 2.45) is 5.41 Å². The molecule has 1 unspecified atom stereocenters. The normalized spacial score (nSPS) is 13.0. The lowest BCUT2D eigenvalue weighted by molar-refractivity contribution is -0.142. The lowest BCUT2D eigenvalue weighted by Crippen LogP contribution is -2.30. The number of esters is 1. The molecular formula is C19H36O3. The second-order valence-electron chi connectivity index (χ2n) is 7.20. The third kappa shape index (κ3) is 10.8. The third-order valence-electron chi connectivity index (χ3n) is 3.77. The monoisotopic (exact) mass is 312 g/mol. The van der Waals surface area contributed by atoms with Crippen LogP contribution in [0, 0.1) is 5.41 Å². The highest BCUT2D eigenvalue weighted by molar-refractivity contribution is 5.86. The fraction of sp³-hybridized carbons (Fsp3) is 0.842. The molecule has 0 aromatic carbocycles. The number of ether oxygens (including phenoxy) is 2. The zero-order valence-corrected chi connectivity index (χ0v) is 15.4. The molecule has 0 amide bonds. The van der Waals surface area contributed by atoms with Crippen LogP contribution < -0.4 is 0 Å². The van der Waals surface area contributed by atoms with Crippen LogP contribution >= 0.6 is 0 Å². The zero-order chi connectivity index (χ0) is 17.0. The molecule has 0 heterocycles. The molecule has 0 aromatic heterocycles. The van der Waals surface area contributed by atoms with Gasteiger partial charge in [0.1, 0.15) is 6.61 Å². The summed E-state index contributed by atoms with van der Waals surface area (Å²) >= 11 is 0. The molecule has 3 nitrogen and oxygen atoms in total. The lowest BCUT2D eigenvalue weighted by Gasteiger charge is -2.30. The minimum atomic E-state index is -0.341. The highest BCUT2D eigenvalue weighted by Crippen LogP contribution is 2.27. The minimum absolute atomic E-state index is 0.113. The molecular weight excluding hydrogens is 276 g/mol. The Labute approximate surface area is 137 Å². The maximum Gasteiger partial charge on any atom is 0.333 e. The average Bonchev–Trinajstić information content (AvgIpc) is 2.42. The first-order valence-electron chi connectivity index (χ1n) is 8.73. The first-order valence-corrected chi connectivity index (χ1v) is 8.73. The van der Waals surface area contributed by atoms with Crippen LogP contribution in [0.1, 0.15) is 79.6 Å². The Morgan fingerprint density at radius 1 is 1.05 bits per heavy atom. The number of hydrogen-bond donors (Lipinski definition) is 0. The molecule has 0 saturated heterocycles. The van der Waals surface area contributed by atoms with Gasteiger partial charge in [-0.25, -0.2) is 4.79 Å². The molecule has 3 heteroatoms. The van der Waals surface area contributed by atoms with E-state index in [-0.39, 0.29) is 17.5 Å². The van der Waals surface area contributed by atoms with Gasteiger partial charge >= 0.3 is 5.97 Å². The third-order valence-corrected chi connectivity index (χ3v) is 3.77. The second-order valence-corrected chi connectivity index (χ2v) is 7.20. The summed E-state index contributed by atoms with van der Waals surface area (Å²) < 4.78 is 11.0. The number of carbonyl (C=O) groups excluding carboxylic acids is 1. The number of rotatable bonds is 12. The summed E-state index contributed by atoms with van der Waals surface area (Å²) in [4.78, 5) is 11.3. The molecule has 0 aliphatic heterocycles. The van der Waals surface area contributed by atoms with Gasteiger partial charge in [0, 0.05) is 5.57 Å². The molecule has 0 rings (SSSR count). The van der Waals surface area contributed by atoms with E-state index in [9.17, 15) is 4.79 Å². The first-order chi connectivity index (χ1) is 10.3. The summed E-state index contributed by atoms with van der Waals surface area (Å²) in [5.74, 6) is -0.341. The highest BCUT2D eigenvalue weighted by atomic mass is 16.6. The van der Waals surface area contributed by atoms with Gasteiger partial charge in [-0.2, -0.15) is 0 Å². The van der Waals surface area contributed by atoms with Crippen LogP contribution in [0.15, 0.2) is 12.2 Å². The Balaban J connectivity index is 3.94. The summed E-state index contributed by atoms with van der Waals surface area (Å²) in [5.41, 5.74) is 0.543. The Kier molecular flexibility index (Phi) is 11.3. The van der Waals surface area contributed by atoms with E-state index < -0.39 is 0 Å². The number of hydrogen-bond acceptors (Lipinski definition) is 3. The maximum absolute atomic E-state index is 11.3. The SMILES string of the molecule is C=C(C)C(=O)OCCOC(CCCCCCCC)C(C)(C)C. The van der Waals surface area contributed by atoms with Crippen molar-refractivity contribution in [1.82, 2.24) is 0 Å². The topological polar surface area (TPSA) is 35.5 Å². The van der Waals surface area contributed by atoms with Crippen molar-refractivity contribution in [2.75, 3.05) is 13.2 Å². The molecule has 0 aliphatic rings. The van der Waals surface area contributed by atoms with Gasteiger partial charge in [-0.15, -0.1) is 0 Å². The van der Waals surface area contributed by atoms with E-state index in [1.165, 1.54) is 38.5 Å². The Hall–Kier alpha value is -0.830. The van der Waals surface area contributed by atoms with Crippen LogP contribution in [0.4, 0.5) is 0 Å². The summed E-state index contributed by atoms with van der Waals surface area (Å²) in [6.45, 7) is 14.8. The van der Waals surface area contributed by atoms with Crippen LogP contribution in [-0.4, -0.2) is 25.3 Å². The van der Waals surface area contributed by atoms with Crippen LogP contribution in [0.2, 0.25) is 0 Å². The standard InChI is InChI=1S/C19H36O3/c1-7-8-9-10-11-12-13-17(19(4,5)6)21-14-15-22-18(20)16(2)3/h17H,2,7-15H2,1,3-6H3. The Morgan fingerprint density at radius 2 is 1.64 bits per heavy atom. The van der Waals surface area contributed by atoms with Crippen molar-refractivity contribution in [3.63, 3.8) is 0 Å². The van der Waals surface area contributed by atoms with Gasteiger partial charge in [0.25, 0.3) is 0 Å². The smallest absolute Gasteiger partial charge is 0.333 e. The molecule has 130 valence electrons.